The van der Waals surface area contributed by atoms with E-state index in [9.17, 15) is 8.42 Å². The monoisotopic (exact) mass is 330 g/mol. The van der Waals surface area contributed by atoms with Gasteiger partial charge in [-0.25, -0.2) is 8.42 Å². The summed E-state index contributed by atoms with van der Waals surface area (Å²) >= 11 is 4.83. The van der Waals surface area contributed by atoms with Crippen molar-refractivity contribution in [3.63, 3.8) is 0 Å². The fourth-order valence-corrected chi connectivity index (χ4v) is 3.80. The van der Waals surface area contributed by atoms with Crippen molar-refractivity contribution in [3.8, 4) is 11.5 Å². The Bertz CT molecular complexity index is 631. The van der Waals surface area contributed by atoms with Gasteiger partial charge in [0, 0.05) is 12.6 Å². The second kappa shape index (κ2) is 6.59. The van der Waals surface area contributed by atoms with Gasteiger partial charge in [0.25, 0.3) is 0 Å². The van der Waals surface area contributed by atoms with Crippen LogP contribution in [0.3, 0.4) is 0 Å². The molecule has 1 heterocycles. The van der Waals surface area contributed by atoms with Gasteiger partial charge in [0.05, 0.1) is 16.4 Å². The van der Waals surface area contributed by atoms with E-state index in [1.807, 2.05) is 6.92 Å². The summed E-state index contributed by atoms with van der Waals surface area (Å²) in [6, 6.07) is 4.59. The van der Waals surface area contributed by atoms with E-state index in [0.717, 1.165) is 0 Å². The molecule has 1 aliphatic rings. The molecule has 6 nitrogen and oxygen atoms in total. The third-order valence-corrected chi connectivity index (χ3v) is 4.93. The molecule has 0 saturated heterocycles. The number of fused-ring (bicyclic) bond motifs is 1. The van der Waals surface area contributed by atoms with Crippen molar-refractivity contribution in [2.75, 3.05) is 26.3 Å². The molecule has 0 unspecified atom stereocenters. The lowest BCUT2D eigenvalue weighted by Gasteiger charge is -2.23. The number of hydrogen-bond donors (Lipinski definition) is 1. The Morgan fingerprint density at radius 2 is 2.00 bits per heavy atom. The molecule has 2 N–H and O–H groups in total. The number of benzene rings is 1. The van der Waals surface area contributed by atoms with E-state index in [0.29, 0.717) is 37.7 Å². The van der Waals surface area contributed by atoms with Crippen molar-refractivity contribution in [2.24, 2.45) is 5.73 Å². The summed E-state index contributed by atoms with van der Waals surface area (Å²) in [6.07, 6.45) is 0.673. The average Bonchev–Trinajstić information content (AvgIpc) is 2.46. The molecule has 1 aromatic rings. The van der Waals surface area contributed by atoms with Crippen LogP contribution < -0.4 is 15.2 Å². The molecule has 0 saturated carbocycles. The normalized spacial score (nSPS) is 14.2. The molecule has 1 aliphatic heterocycles. The highest BCUT2D eigenvalue weighted by molar-refractivity contribution is 7.89. The SMILES string of the molecule is CCCN(CC(N)=S)S(=O)(=O)c1ccc2c(c1)OCCO2. The van der Waals surface area contributed by atoms with Gasteiger partial charge in [-0.3, -0.25) is 0 Å². The summed E-state index contributed by atoms with van der Waals surface area (Å²) < 4.78 is 37.4. The third-order valence-electron chi connectivity index (χ3n) is 2.96. The van der Waals surface area contributed by atoms with Crippen molar-refractivity contribution in [1.82, 2.24) is 4.31 Å². The lowest BCUT2D eigenvalue weighted by Crippen LogP contribution is -2.38. The van der Waals surface area contributed by atoms with Crippen molar-refractivity contribution in [1.29, 1.82) is 0 Å². The molecule has 0 spiro atoms. The summed E-state index contributed by atoms with van der Waals surface area (Å²) in [5, 5.41) is 0. The minimum atomic E-state index is -3.66. The second-order valence-corrected chi connectivity index (χ2v) is 7.07. The van der Waals surface area contributed by atoms with Gasteiger partial charge in [0.15, 0.2) is 11.5 Å². The Labute approximate surface area is 129 Å². The Hall–Kier alpha value is -1.38. The van der Waals surface area contributed by atoms with Crippen molar-refractivity contribution in [3.05, 3.63) is 18.2 Å². The molecule has 0 bridgehead atoms. The van der Waals surface area contributed by atoms with Crippen LogP contribution in [0.2, 0.25) is 0 Å². The Balaban J connectivity index is 2.34. The summed E-state index contributed by atoms with van der Waals surface area (Å²) in [5.41, 5.74) is 5.49. The van der Waals surface area contributed by atoms with Gasteiger partial charge in [0.2, 0.25) is 10.0 Å². The topological polar surface area (TPSA) is 81.9 Å². The predicted octanol–water partition coefficient (Wildman–Crippen LogP) is 1.14. The maximum atomic E-state index is 12.7. The first kappa shape index (κ1) is 16.0. The molecule has 1 aromatic carbocycles. The number of nitrogens with zero attached hydrogens (tertiary/aromatic N) is 1. The smallest absolute Gasteiger partial charge is 0.243 e. The standard InChI is InChI=1S/C13H18N2O4S2/c1-2-5-15(9-13(14)20)21(16,17)10-3-4-11-12(8-10)19-7-6-18-11/h3-4,8H,2,5-7,9H2,1H3,(H2,14,20). The minimum Gasteiger partial charge on any atom is -0.486 e. The lowest BCUT2D eigenvalue weighted by atomic mass is 10.3. The van der Waals surface area contributed by atoms with Crippen LogP contribution in [0.15, 0.2) is 23.1 Å². The Morgan fingerprint density at radius 1 is 1.33 bits per heavy atom. The van der Waals surface area contributed by atoms with Gasteiger partial charge in [-0.05, 0) is 18.6 Å². The summed E-state index contributed by atoms with van der Waals surface area (Å²) in [5.74, 6) is 0.991. The molecule has 21 heavy (non-hydrogen) atoms. The minimum absolute atomic E-state index is 0.0277. The summed E-state index contributed by atoms with van der Waals surface area (Å²) in [4.78, 5) is 0.293. The first-order valence-corrected chi connectivity index (χ1v) is 8.48. The Kier molecular flexibility index (Phi) is 5.02. The van der Waals surface area contributed by atoms with E-state index in [1.165, 1.54) is 16.4 Å². The largest absolute Gasteiger partial charge is 0.486 e. The van der Waals surface area contributed by atoms with E-state index in [4.69, 9.17) is 27.4 Å². The molecule has 0 radical (unpaired) electrons. The van der Waals surface area contributed by atoms with E-state index in [1.54, 1.807) is 6.07 Å². The van der Waals surface area contributed by atoms with E-state index in [-0.39, 0.29) is 16.4 Å². The Morgan fingerprint density at radius 3 is 2.62 bits per heavy atom. The zero-order chi connectivity index (χ0) is 15.5. The van der Waals surface area contributed by atoms with Crippen molar-refractivity contribution < 1.29 is 17.9 Å². The van der Waals surface area contributed by atoms with Crippen LogP contribution in [0.25, 0.3) is 0 Å². The van der Waals surface area contributed by atoms with E-state index < -0.39 is 10.0 Å². The maximum Gasteiger partial charge on any atom is 0.243 e. The lowest BCUT2D eigenvalue weighted by molar-refractivity contribution is 0.171. The number of thiocarbonyl (C=S) groups is 1. The number of nitrogens with two attached hydrogens (primary N) is 1. The van der Waals surface area contributed by atoms with Crippen LogP contribution in [0, 0.1) is 0 Å². The highest BCUT2D eigenvalue weighted by Crippen LogP contribution is 2.33. The number of hydrogen-bond acceptors (Lipinski definition) is 5. The molecule has 0 aliphatic carbocycles. The van der Waals surface area contributed by atoms with Crippen LogP contribution >= 0.6 is 12.2 Å². The molecule has 0 fully saturated rings. The van der Waals surface area contributed by atoms with Crippen LogP contribution in [0.1, 0.15) is 13.3 Å². The third kappa shape index (κ3) is 3.63. The molecular formula is C13H18N2O4S2. The molecule has 2 rings (SSSR count). The summed E-state index contributed by atoms with van der Waals surface area (Å²) in [7, 11) is -3.66. The highest BCUT2D eigenvalue weighted by Gasteiger charge is 2.26. The van der Waals surface area contributed by atoms with Crippen molar-refractivity contribution >= 4 is 27.2 Å². The first-order valence-electron chi connectivity index (χ1n) is 6.63. The molecule has 0 atom stereocenters. The van der Waals surface area contributed by atoms with Gasteiger partial charge in [-0.1, -0.05) is 19.1 Å². The second-order valence-electron chi connectivity index (χ2n) is 4.61. The fraction of sp³-hybridized carbons (Fsp3) is 0.462. The molecular weight excluding hydrogens is 312 g/mol. The molecule has 8 heteroatoms. The van der Waals surface area contributed by atoms with Gasteiger partial charge in [-0.2, -0.15) is 4.31 Å². The zero-order valence-electron chi connectivity index (χ0n) is 11.7. The average molecular weight is 330 g/mol. The van der Waals surface area contributed by atoms with Gasteiger partial charge >= 0.3 is 0 Å². The highest BCUT2D eigenvalue weighted by atomic mass is 32.2. The van der Waals surface area contributed by atoms with Crippen LogP contribution in [-0.4, -0.2) is 44.0 Å². The zero-order valence-corrected chi connectivity index (χ0v) is 13.4. The number of ether oxygens (including phenoxy) is 2. The van der Waals surface area contributed by atoms with Gasteiger partial charge in [0.1, 0.15) is 13.2 Å². The van der Waals surface area contributed by atoms with Crippen LogP contribution in [-0.2, 0) is 10.0 Å². The van der Waals surface area contributed by atoms with Gasteiger partial charge in [-0.15, -0.1) is 0 Å². The predicted molar refractivity (Wildman–Crippen MR) is 83.3 cm³/mol. The number of sulfonamides is 1. The first-order chi connectivity index (χ1) is 9.95. The van der Waals surface area contributed by atoms with Crippen molar-refractivity contribution in [2.45, 2.75) is 18.2 Å². The maximum absolute atomic E-state index is 12.7. The molecule has 116 valence electrons. The summed E-state index contributed by atoms with van der Waals surface area (Å²) in [6.45, 7) is 3.14. The van der Waals surface area contributed by atoms with E-state index in [2.05, 4.69) is 0 Å². The van der Waals surface area contributed by atoms with Gasteiger partial charge < -0.3 is 15.2 Å². The van der Waals surface area contributed by atoms with Crippen LogP contribution in [0.5, 0.6) is 11.5 Å². The molecule has 0 amide bonds. The van der Waals surface area contributed by atoms with Crippen LogP contribution in [0.4, 0.5) is 0 Å². The quantitative estimate of drug-likeness (QED) is 0.788. The fourth-order valence-electron chi connectivity index (χ4n) is 2.04. The number of rotatable bonds is 6. The van der Waals surface area contributed by atoms with E-state index >= 15 is 0 Å². The molecule has 0 aromatic heterocycles.